The van der Waals surface area contributed by atoms with E-state index >= 15 is 0 Å². The van der Waals surface area contributed by atoms with E-state index in [1.165, 1.54) is 6.07 Å². The molecule has 1 aromatic rings. The van der Waals surface area contributed by atoms with Crippen LogP contribution in [-0.2, 0) is 0 Å². The summed E-state index contributed by atoms with van der Waals surface area (Å²) >= 11 is 0. The van der Waals surface area contributed by atoms with Crippen LogP contribution in [0.5, 0.6) is 0 Å². The first-order chi connectivity index (χ1) is 9.52. The lowest BCUT2D eigenvalue weighted by Gasteiger charge is -2.37. The fourth-order valence-corrected chi connectivity index (χ4v) is 2.76. The molecule has 0 aliphatic carbocycles. The Hall–Kier alpha value is -1.82. The van der Waals surface area contributed by atoms with Gasteiger partial charge in [0, 0.05) is 37.9 Å². The van der Waals surface area contributed by atoms with Crippen molar-refractivity contribution >= 4 is 17.1 Å². The van der Waals surface area contributed by atoms with Crippen molar-refractivity contribution in [2.75, 3.05) is 37.3 Å². The van der Waals surface area contributed by atoms with Gasteiger partial charge in [0.05, 0.1) is 4.92 Å². The van der Waals surface area contributed by atoms with Crippen molar-refractivity contribution in [3.05, 3.63) is 28.3 Å². The van der Waals surface area contributed by atoms with Crippen LogP contribution in [0, 0.1) is 10.1 Å². The van der Waals surface area contributed by atoms with Gasteiger partial charge in [0.15, 0.2) is 0 Å². The number of nitrogen functional groups attached to an aromatic ring is 1. The second kappa shape index (κ2) is 6.09. The normalized spacial score (nSPS) is 17.1. The standard InChI is InChI=1S/C14H22N4O2/c1-3-17-8-6-11(7-9-17)16(2)12-4-5-14(18(19)20)13(15)10-12/h4-5,10-11H,3,6-9,15H2,1-2H3. The molecule has 6 heteroatoms. The Morgan fingerprint density at radius 2 is 2.10 bits per heavy atom. The smallest absolute Gasteiger partial charge is 0.292 e. The van der Waals surface area contributed by atoms with Crippen molar-refractivity contribution in [1.82, 2.24) is 4.90 Å². The summed E-state index contributed by atoms with van der Waals surface area (Å²) in [5.74, 6) is 0. The lowest BCUT2D eigenvalue weighted by atomic mass is 10.0. The van der Waals surface area contributed by atoms with Crippen molar-refractivity contribution in [3.63, 3.8) is 0 Å². The van der Waals surface area contributed by atoms with Gasteiger partial charge in [0.1, 0.15) is 5.69 Å². The van der Waals surface area contributed by atoms with E-state index in [0.717, 1.165) is 38.2 Å². The van der Waals surface area contributed by atoms with Crippen LogP contribution in [0.2, 0.25) is 0 Å². The Kier molecular flexibility index (Phi) is 4.44. The summed E-state index contributed by atoms with van der Waals surface area (Å²) in [5, 5.41) is 10.8. The van der Waals surface area contributed by atoms with Gasteiger partial charge in [0.2, 0.25) is 0 Å². The van der Waals surface area contributed by atoms with Crippen LogP contribution in [0.15, 0.2) is 18.2 Å². The molecule has 0 unspecified atom stereocenters. The quantitative estimate of drug-likeness (QED) is 0.518. The van der Waals surface area contributed by atoms with Crippen LogP contribution in [0.25, 0.3) is 0 Å². The van der Waals surface area contributed by atoms with Crippen LogP contribution < -0.4 is 10.6 Å². The Labute approximate surface area is 119 Å². The molecule has 0 spiro atoms. The lowest BCUT2D eigenvalue weighted by molar-refractivity contribution is -0.383. The SMILES string of the molecule is CCN1CCC(N(C)c2ccc([N+](=O)[O-])c(N)c2)CC1. The van der Waals surface area contributed by atoms with Gasteiger partial charge >= 0.3 is 0 Å². The first-order valence-corrected chi connectivity index (χ1v) is 7.02. The molecular formula is C14H22N4O2. The zero-order valence-corrected chi connectivity index (χ0v) is 12.1. The first-order valence-electron chi connectivity index (χ1n) is 7.02. The maximum absolute atomic E-state index is 10.8. The second-order valence-electron chi connectivity index (χ2n) is 5.28. The molecule has 1 aliphatic heterocycles. The number of piperidine rings is 1. The zero-order chi connectivity index (χ0) is 14.7. The van der Waals surface area contributed by atoms with Crippen LogP contribution in [0.1, 0.15) is 19.8 Å². The van der Waals surface area contributed by atoms with E-state index in [2.05, 4.69) is 16.7 Å². The van der Waals surface area contributed by atoms with E-state index in [0.29, 0.717) is 6.04 Å². The minimum absolute atomic E-state index is 0.0250. The number of anilines is 2. The molecule has 20 heavy (non-hydrogen) atoms. The third-order valence-corrected chi connectivity index (χ3v) is 4.17. The summed E-state index contributed by atoms with van der Waals surface area (Å²) in [6.07, 6.45) is 2.22. The molecule has 6 nitrogen and oxygen atoms in total. The number of hydrogen-bond donors (Lipinski definition) is 1. The molecule has 0 aromatic heterocycles. The first kappa shape index (κ1) is 14.6. The lowest BCUT2D eigenvalue weighted by Crippen LogP contribution is -2.43. The summed E-state index contributed by atoms with van der Waals surface area (Å²) < 4.78 is 0. The number of benzene rings is 1. The van der Waals surface area contributed by atoms with Crippen molar-refractivity contribution in [3.8, 4) is 0 Å². The van der Waals surface area contributed by atoms with Gasteiger partial charge in [-0.15, -0.1) is 0 Å². The maximum atomic E-state index is 10.8. The van der Waals surface area contributed by atoms with Gasteiger partial charge in [-0.05, 0) is 31.5 Å². The van der Waals surface area contributed by atoms with Crippen LogP contribution in [0.3, 0.4) is 0 Å². The fourth-order valence-electron chi connectivity index (χ4n) is 2.76. The van der Waals surface area contributed by atoms with E-state index in [4.69, 9.17) is 5.73 Å². The summed E-state index contributed by atoms with van der Waals surface area (Å²) in [4.78, 5) is 15.0. The van der Waals surface area contributed by atoms with Crippen LogP contribution in [-0.4, -0.2) is 42.5 Å². The van der Waals surface area contributed by atoms with Crippen molar-refractivity contribution in [2.45, 2.75) is 25.8 Å². The number of rotatable bonds is 4. The van der Waals surface area contributed by atoms with E-state index in [9.17, 15) is 10.1 Å². The molecule has 1 heterocycles. The highest BCUT2D eigenvalue weighted by Crippen LogP contribution is 2.29. The molecule has 0 radical (unpaired) electrons. The maximum Gasteiger partial charge on any atom is 0.292 e. The molecule has 0 amide bonds. The average molecular weight is 278 g/mol. The van der Waals surface area contributed by atoms with Gasteiger partial charge in [-0.1, -0.05) is 6.92 Å². The molecule has 1 aliphatic rings. The molecule has 110 valence electrons. The summed E-state index contributed by atoms with van der Waals surface area (Å²) in [6, 6.07) is 5.44. The molecule has 1 aromatic carbocycles. The molecule has 2 rings (SSSR count). The predicted molar refractivity (Wildman–Crippen MR) is 81.0 cm³/mol. The van der Waals surface area contributed by atoms with Crippen molar-refractivity contribution < 1.29 is 4.92 Å². The van der Waals surface area contributed by atoms with E-state index in [-0.39, 0.29) is 11.4 Å². The molecule has 0 bridgehead atoms. The highest BCUT2D eigenvalue weighted by atomic mass is 16.6. The number of nitro benzene ring substituents is 1. The third kappa shape index (κ3) is 3.01. The highest BCUT2D eigenvalue weighted by molar-refractivity contribution is 5.66. The summed E-state index contributed by atoms with van der Waals surface area (Å²) in [7, 11) is 2.03. The Morgan fingerprint density at radius 1 is 1.45 bits per heavy atom. The molecule has 1 saturated heterocycles. The molecule has 0 saturated carbocycles. The Balaban J connectivity index is 2.08. The second-order valence-corrected chi connectivity index (χ2v) is 5.28. The van der Waals surface area contributed by atoms with Crippen molar-refractivity contribution in [1.29, 1.82) is 0 Å². The molecular weight excluding hydrogens is 256 g/mol. The monoisotopic (exact) mass is 278 g/mol. The number of hydrogen-bond acceptors (Lipinski definition) is 5. The van der Waals surface area contributed by atoms with E-state index in [1.807, 2.05) is 7.05 Å². The van der Waals surface area contributed by atoms with Gasteiger partial charge in [-0.2, -0.15) is 0 Å². The van der Waals surface area contributed by atoms with Crippen LogP contribution >= 0.6 is 0 Å². The Bertz CT molecular complexity index is 484. The average Bonchev–Trinajstić information content (AvgIpc) is 2.46. The Morgan fingerprint density at radius 3 is 2.60 bits per heavy atom. The van der Waals surface area contributed by atoms with Crippen molar-refractivity contribution in [2.24, 2.45) is 0 Å². The number of nitrogens with zero attached hydrogens (tertiary/aromatic N) is 3. The fraction of sp³-hybridized carbons (Fsp3) is 0.571. The summed E-state index contributed by atoms with van der Waals surface area (Å²) in [6.45, 7) is 5.49. The third-order valence-electron chi connectivity index (χ3n) is 4.17. The zero-order valence-electron chi connectivity index (χ0n) is 12.1. The van der Waals surface area contributed by atoms with E-state index < -0.39 is 4.92 Å². The molecule has 1 fully saturated rings. The van der Waals surface area contributed by atoms with Gasteiger partial charge in [-0.25, -0.2) is 0 Å². The molecule has 2 N–H and O–H groups in total. The topological polar surface area (TPSA) is 75.6 Å². The van der Waals surface area contributed by atoms with Gasteiger partial charge in [0.25, 0.3) is 5.69 Å². The van der Waals surface area contributed by atoms with Gasteiger partial charge < -0.3 is 15.5 Å². The number of nitro groups is 1. The highest BCUT2D eigenvalue weighted by Gasteiger charge is 2.23. The number of nitrogens with two attached hydrogens (primary N) is 1. The largest absolute Gasteiger partial charge is 0.393 e. The van der Waals surface area contributed by atoms with E-state index in [1.54, 1.807) is 12.1 Å². The minimum Gasteiger partial charge on any atom is -0.393 e. The van der Waals surface area contributed by atoms with Gasteiger partial charge in [-0.3, -0.25) is 10.1 Å². The number of likely N-dealkylation sites (tertiary alicyclic amines) is 1. The summed E-state index contributed by atoms with van der Waals surface area (Å²) in [5.41, 5.74) is 6.91. The van der Waals surface area contributed by atoms with Crippen LogP contribution in [0.4, 0.5) is 17.1 Å². The molecule has 0 atom stereocenters. The minimum atomic E-state index is -0.446. The predicted octanol–water partition coefficient (Wildman–Crippen LogP) is 2.10.